The van der Waals surface area contributed by atoms with Crippen molar-refractivity contribution in [3.63, 3.8) is 0 Å². The van der Waals surface area contributed by atoms with Crippen LogP contribution in [0.5, 0.6) is 0 Å². The standard InChI is InChI=1S/C24H23NO2S/c1-3-17-8-11-20-19(14-23(26)27-21(20)13-17)15-25-24(22-5-4-12-28-22)18-9-6-16(2)7-10-18/h4-14,24-25H,3,15H2,1-2H3/p+1/t24-/m1/s1. The van der Waals surface area contributed by atoms with E-state index in [0.717, 1.165) is 17.4 Å². The Morgan fingerprint density at radius 3 is 2.61 bits per heavy atom. The van der Waals surface area contributed by atoms with Gasteiger partial charge in [-0.15, -0.1) is 11.3 Å². The highest BCUT2D eigenvalue weighted by molar-refractivity contribution is 7.10. The van der Waals surface area contributed by atoms with E-state index in [1.165, 1.54) is 21.6 Å². The smallest absolute Gasteiger partial charge is 0.336 e. The molecule has 0 aliphatic heterocycles. The number of nitrogens with two attached hydrogens (primary N) is 1. The predicted octanol–water partition coefficient (Wildman–Crippen LogP) is 4.58. The van der Waals surface area contributed by atoms with Gasteiger partial charge in [0.05, 0.1) is 4.88 Å². The summed E-state index contributed by atoms with van der Waals surface area (Å²) in [5, 5.41) is 5.43. The van der Waals surface area contributed by atoms with Crippen LogP contribution in [0.25, 0.3) is 11.0 Å². The summed E-state index contributed by atoms with van der Waals surface area (Å²) in [7, 11) is 0. The first-order chi connectivity index (χ1) is 13.6. The Balaban J connectivity index is 1.67. The summed E-state index contributed by atoms with van der Waals surface area (Å²) in [5.74, 6) is 0. The van der Waals surface area contributed by atoms with E-state index in [-0.39, 0.29) is 11.7 Å². The molecule has 28 heavy (non-hydrogen) atoms. The van der Waals surface area contributed by atoms with Crippen molar-refractivity contribution < 1.29 is 9.73 Å². The molecule has 0 saturated carbocycles. The molecule has 0 bridgehead atoms. The highest BCUT2D eigenvalue weighted by Gasteiger charge is 2.19. The van der Waals surface area contributed by atoms with Crippen LogP contribution in [0.1, 0.15) is 40.1 Å². The number of thiophene rings is 1. The van der Waals surface area contributed by atoms with Crippen molar-refractivity contribution in [1.82, 2.24) is 0 Å². The lowest BCUT2D eigenvalue weighted by Gasteiger charge is -2.16. The zero-order valence-electron chi connectivity index (χ0n) is 16.1. The number of fused-ring (bicyclic) bond motifs is 1. The molecule has 142 valence electrons. The van der Waals surface area contributed by atoms with Crippen LogP contribution < -0.4 is 10.9 Å². The molecule has 4 aromatic rings. The molecule has 2 N–H and O–H groups in total. The Labute approximate surface area is 168 Å². The zero-order valence-corrected chi connectivity index (χ0v) is 17.0. The molecule has 0 aliphatic rings. The normalized spacial score (nSPS) is 12.4. The van der Waals surface area contributed by atoms with Gasteiger partial charge in [0, 0.05) is 22.6 Å². The first kappa shape index (κ1) is 18.7. The Bertz CT molecular complexity index is 1130. The van der Waals surface area contributed by atoms with Gasteiger partial charge in [0.1, 0.15) is 18.2 Å². The molecular formula is C24H24NO2S+. The molecular weight excluding hydrogens is 366 g/mol. The van der Waals surface area contributed by atoms with E-state index in [1.807, 2.05) is 6.07 Å². The topological polar surface area (TPSA) is 46.8 Å². The van der Waals surface area contributed by atoms with Crippen LogP contribution in [0, 0.1) is 6.92 Å². The summed E-state index contributed by atoms with van der Waals surface area (Å²) in [5.41, 5.74) is 5.11. The second-order valence-electron chi connectivity index (χ2n) is 7.12. The second-order valence-corrected chi connectivity index (χ2v) is 8.10. The summed E-state index contributed by atoms with van der Waals surface area (Å²) < 4.78 is 5.45. The number of rotatable bonds is 6. The molecule has 4 heteroatoms. The summed E-state index contributed by atoms with van der Waals surface area (Å²) in [6.45, 7) is 4.92. The van der Waals surface area contributed by atoms with Gasteiger partial charge in [0.25, 0.3) is 0 Å². The van der Waals surface area contributed by atoms with Gasteiger partial charge >= 0.3 is 5.63 Å². The highest BCUT2D eigenvalue weighted by atomic mass is 32.1. The number of hydrogen-bond acceptors (Lipinski definition) is 3. The van der Waals surface area contributed by atoms with E-state index in [2.05, 4.69) is 73.1 Å². The molecule has 0 spiro atoms. The predicted molar refractivity (Wildman–Crippen MR) is 115 cm³/mol. The summed E-state index contributed by atoms with van der Waals surface area (Å²) in [6, 6.07) is 21.0. The number of aryl methyl sites for hydroxylation is 2. The van der Waals surface area contributed by atoms with Gasteiger partial charge in [-0.25, -0.2) is 4.79 Å². The molecule has 0 amide bonds. The van der Waals surface area contributed by atoms with Crippen molar-refractivity contribution in [1.29, 1.82) is 0 Å². The molecule has 2 aromatic carbocycles. The van der Waals surface area contributed by atoms with Gasteiger partial charge < -0.3 is 9.73 Å². The number of hydrogen-bond donors (Lipinski definition) is 1. The minimum atomic E-state index is -0.285. The molecule has 2 aromatic heterocycles. The SMILES string of the molecule is CCc1ccc2c(C[NH2+][C@H](c3ccc(C)cc3)c3cccs3)cc(=O)oc2c1. The maximum Gasteiger partial charge on any atom is 0.336 e. The Kier molecular flexibility index (Phi) is 5.42. The third-order valence-corrected chi connectivity index (χ3v) is 6.12. The average Bonchev–Trinajstić information content (AvgIpc) is 3.23. The van der Waals surface area contributed by atoms with Crippen molar-refractivity contribution >= 4 is 22.3 Å². The summed E-state index contributed by atoms with van der Waals surface area (Å²) >= 11 is 1.77. The van der Waals surface area contributed by atoms with E-state index < -0.39 is 0 Å². The van der Waals surface area contributed by atoms with Crippen molar-refractivity contribution in [2.24, 2.45) is 0 Å². The summed E-state index contributed by atoms with van der Waals surface area (Å²) in [6.07, 6.45) is 0.921. The lowest BCUT2D eigenvalue weighted by molar-refractivity contribution is -0.701. The number of quaternary nitrogens is 1. The average molecular weight is 391 g/mol. The van der Waals surface area contributed by atoms with Crippen molar-refractivity contribution in [2.75, 3.05) is 0 Å². The Hall–Kier alpha value is -2.69. The van der Waals surface area contributed by atoms with Crippen LogP contribution in [-0.4, -0.2) is 0 Å². The fraction of sp³-hybridized carbons (Fsp3) is 0.208. The Morgan fingerprint density at radius 2 is 1.89 bits per heavy atom. The number of benzene rings is 2. The molecule has 2 heterocycles. The van der Waals surface area contributed by atoms with Crippen LogP contribution in [0.4, 0.5) is 0 Å². The van der Waals surface area contributed by atoms with Gasteiger partial charge in [-0.3, -0.25) is 0 Å². The van der Waals surface area contributed by atoms with Crippen LogP contribution in [0.15, 0.2) is 75.3 Å². The lowest BCUT2D eigenvalue weighted by Crippen LogP contribution is -2.83. The third-order valence-electron chi connectivity index (χ3n) is 5.16. The molecule has 0 unspecified atom stereocenters. The van der Waals surface area contributed by atoms with E-state index in [9.17, 15) is 4.79 Å². The molecule has 0 fully saturated rings. The summed E-state index contributed by atoms with van der Waals surface area (Å²) in [4.78, 5) is 13.4. The van der Waals surface area contributed by atoms with Gasteiger partial charge in [-0.2, -0.15) is 0 Å². The van der Waals surface area contributed by atoms with Crippen molar-refractivity contribution in [3.8, 4) is 0 Å². The van der Waals surface area contributed by atoms with Gasteiger partial charge in [-0.05, 0) is 36.4 Å². The molecule has 0 radical (unpaired) electrons. The van der Waals surface area contributed by atoms with E-state index in [4.69, 9.17) is 4.42 Å². The minimum Gasteiger partial charge on any atom is -0.423 e. The van der Waals surface area contributed by atoms with Crippen LogP contribution in [0.3, 0.4) is 0 Å². The Morgan fingerprint density at radius 1 is 1.07 bits per heavy atom. The quantitative estimate of drug-likeness (QED) is 0.490. The largest absolute Gasteiger partial charge is 0.423 e. The van der Waals surface area contributed by atoms with Crippen LogP contribution in [-0.2, 0) is 13.0 Å². The monoisotopic (exact) mass is 390 g/mol. The second kappa shape index (κ2) is 8.13. The van der Waals surface area contributed by atoms with Crippen LogP contribution >= 0.6 is 11.3 Å². The highest BCUT2D eigenvalue weighted by Crippen LogP contribution is 2.24. The van der Waals surface area contributed by atoms with Crippen molar-refractivity contribution in [3.05, 3.63) is 104 Å². The fourth-order valence-corrected chi connectivity index (χ4v) is 4.42. The first-order valence-corrected chi connectivity index (χ1v) is 10.5. The third kappa shape index (κ3) is 3.93. The molecule has 0 saturated heterocycles. The molecule has 1 atom stereocenters. The molecule has 0 aliphatic carbocycles. The first-order valence-electron chi connectivity index (χ1n) is 9.63. The van der Waals surface area contributed by atoms with Gasteiger partial charge in [0.15, 0.2) is 0 Å². The maximum absolute atomic E-state index is 12.1. The fourth-order valence-electron chi connectivity index (χ4n) is 3.57. The maximum atomic E-state index is 12.1. The van der Waals surface area contributed by atoms with E-state index >= 15 is 0 Å². The minimum absolute atomic E-state index is 0.206. The molecule has 3 nitrogen and oxygen atoms in total. The van der Waals surface area contributed by atoms with E-state index in [1.54, 1.807) is 17.4 Å². The van der Waals surface area contributed by atoms with Gasteiger partial charge in [0.2, 0.25) is 0 Å². The lowest BCUT2D eigenvalue weighted by atomic mass is 10.0. The van der Waals surface area contributed by atoms with E-state index in [0.29, 0.717) is 12.1 Å². The van der Waals surface area contributed by atoms with Crippen molar-refractivity contribution in [2.45, 2.75) is 32.9 Å². The van der Waals surface area contributed by atoms with Crippen LogP contribution in [0.2, 0.25) is 0 Å². The molecule has 4 rings (SSSR count). The van der Waals surface area contributed by atoms with Gasteiger partial charge in [-0.1, -0.05) is 55.0 Å². The zero-order chi connectivity index (χ0) is 19.5.